The van der Waals surface area contributed by atoms with Crippen molar-refractivity contribution in [3.63, 3.8) is 0 Å². The van der Waals surface area contributed by atoms with Crippen molar-refractivity contribution in [1.29, 1.82) is 0 Å². The molecule has 1 spiro atoms. The molecule has 1 unspecified atom stereocenters. The second-order valence-electron chi connectivity index (χ2n) is 7.34. The van der Waals surface area contributed by atoms with E-state index < -0.39 is 0 Å². The maximum Gasteiger partial charge on any atom is 0.213 e. The number of hydrogen-bond donors (Lipinski definition) is 2. The topological polar surface area (TPSA) is 59.6 Å². The number of nitrogens with one attached hydrogen (secondary N) is 2. The third-order valence-corrected chi connectivity index (χ3v) is 6.05. The Kier molecular flexibility index (Phi) is 4.41. The molecule has 1 aromatic carbocycles. The van der Waals surface area contributed by atoms with E-state index >= 15 is 0 Å². The van der Waals surface area contributed by atoms with Crippen molar-refractivity contribution >= 4 is 23.7 Å². The van der Waals surface area contributed by atoms with Gasteiger partial charge in [-0.25, -0.2) is 0 Å². The van der Waals surface area contributed by atoms with Crippen molar-refractivity contribution in [2.24, 2.45) is 0 Å². The van der Waals surface area contributed by atoms with Crippen LogP contribution in [0.5, 0.6) is 5.75 Å². The van der Waals surface area contributed by atoms with E-state index in [0.717, 1.165) is 37.0 Å². The van der Waals surface area contributed by atoms with Gasteiger partial charge in [0.05, 0.1) is 12.1 Å². The van der Waals surface area contributed by atoms with E-state index in [2.05, 4.69) is 28.8 Å². The van der Waals surface area contributed by atoms with Crippen LogP contribution in [0.4, 0.5) is 0 Å². The lowest BCUT2D eigenvalue weighted by Gasteiger charge is -2.40. The van der Waals surface area contributed by atoms with E-state index in [1.807, 2.05) is 0 Å². The predicted molar refractivity (Wildman–Crippen MR) is 98.7 cm³/mol. The summed E-state index contributed by atoms with van der Waals surface area (Å²) in [6.45, 7) is 0. The van der Waals surface area contributed by atoms with Crippen molar-refractivity contribution in [2.45, 2.75) is 62.2 Å². The molecule has 0 radical (unpaired) electrons. The first-order chi connectivity index (χ1) is 12.1. The van der Waals surface area contributed by atoms with Gasteiger partial charge in [-0.2, -0.15) is 0 Å². The van der Waals surface area contributed by atoms with Crippen LogP contribution >= 0.6 is 12.2 Å². The zero-order valence-electron chi connectivity index (χ0n) is 14.4. The molecule has 4 rings (SSSR count). The van der Waals surface area contributed by atoms with Crippen LogP contribution in [-0.2, 0) is 9.53 Å². The Morgan fingerprint density at radius 2 is 2.08 bits per heavy atom. The zero-order valence-corrected chi connectivity index (χ0v) is 15.2. The van der Waals surface area contributed by atoms with Crippen molar-refractivity contribution < 1.29 is 14.3 Å². The Balaban J connectivity index is 1.64. The molecule has 0 aromatic heterocycles. The predicted octanol–water partition coefficient (Wildman–Crippen LogP) is 2.95. The summed E-state index contributed by atoms with van der Waals surface area (Å²) in [4.78, 5) is 10.7. The van der Waals surface area contributed by atoms with E-state index in [0.29, 0.717) is 23.5 Å². The lowest BCUT2D eigenvalue weighted by molar-refractivity contribution is -0.108. The SMILES string of the molecule is COC1CCC2(CC1)Oc1ccc(C3CC3)cc1C2NC(=S)NC=O. The Hall–Kier alpha value is -1.66. The van der Waals surface area contributed by atoms with Gasteiger partial charge in [0.2, 0.25) is 6.41 Å². The highest BCUT2D eigenvalue weighted by Crippen LogP contribution is 2.52. The molecule has 2 aliphatic carbocycles. The van der Waals surface area contributed by atoms with Crippen LogP contribution in [-0.4, -0.2) is 30.3 Å². The standard InChI is InChI=1S/C19H24N2O3S/c1-23-14-6-8-19(9-7-14)17(21-18(25)20-11-22)15-10-13(12-2-3-12)4-5-16(15)24-19/h4-5,10-12,14,17H,2-3,6-9H2,1H3,(H2,20,21,22,25). The fourth-order valence-electron chi connectivity index (χ4n) is 4.26. The highest BCUT2D eigenvalue weighted by molar-refractivity contribution is 7.80. The number of hydrogen-bond acceptors (Lipinski definition) is 4. The molecular formula is C19H24N2O3S. The van der Waals surface area contributed by atoms with Crippen molar-refractivity contribution in [3.05, 3.63) is 29.3 Å². The summed E-state index contributed by atoms with van der Waals surface area (Å²) >= 11 is 5.28. The first-order valence-electron chi connectivity index (χ1n) is 9.01. The second-order valence-corrected chi connectivity index (χ2v) is 7.75. The summed E-state index contributed by atoms with van der Waals surface area (Å²) in [7, 11) is 1.77. The fourth-order valence-corrected chi connectivity index (χ4v) is 4.43. The smallest absolute Gasteiger partial charge is 0.213 e. The van der Waals surface area contributed by atoms with E-state index in [-0.39, 0.29) is 11.6 Å². The Morgan fingerprint density at radius 1 is 1.32 bits per heavy atom. The fraction of sp³-hybridized carbons (Fsp3) is 0.579. The maximum atomic E-state index is 10.7. The molecular weight excluding hydrogens is 336 g/mol. The zero-order chi connectivity index (χ0) is 17.4. The molecule has 5 nitrogen and oxygen atoms in total. The van der Waals surface area contributed by atoms with Crippen molar-refractivity contribution in [3.8, 4) is 5.75 Å². The number of benzene rings is 1. The molecule has 0 saturated heterocycles. The summed E-state index contributed by atoms with van der Waals surface area (Å²) in [6.07, 6.45) is 7.17. The maximum absolute atomic E-state index is 10.7. The summed E-state index contributed by atoms with van der Waals surface area (Å²) in [5.74, 6) is 1.62. The first kappa shape index (κ1) is 16.8. The lowest BCUT2D eigenvalue weighted by atomic mass is 9.77. The van der Waals surface area contributed by atoms with E-state index in [1.165, 1.54) is 18.4 Å². The van der Waals surface area contributed by atoms with Crippen molar-refractivity contribution in [2.75, 3.05) is 7.11 Å². The lowest BCUT2D eigenvalue weighted by Crippen LogP contribution is -2.51. The quantitative estimate of drug-likeness (QED) is 0.639. The number of carbonyl (C=O) groups is 1. The summed E-state index contributed by atoms with van der Waals surface area (Å²) in [5.41, 5.74) is 2.22. The number of thiocarbonyl (C=S) groups is 1. The molecule has 2 fully saturated rings. The van der Waals surface area contributed by atoms with Crippen LogP contribution < -0.4 is 15.4 Å². The minimum Gasteiger partial charge on any atom is -0.484 e. The molecule has 0 bridgehead atoms. The van der Waals surface area contributed by atoms with Gasteiger partial charge in [-0.15, -0.1) is 0 Å². The number of fused-ring (bicyclic) bond motifs is 1. The Bertz CT molecular complexity index is 681. The minimum atomic E-state index is -0.325. The summed E-state index contributed by atoms with van der Waals surface area (Å²) in [5, 5.41) is 6.24. The molecule has 1 heterocycles. The average molecular weight is 360 g/mol. The van der Waals surface area contributed by atoms with Gasteiger partial charge in [0.25, 0.3) is 0 Å². The summed E-state index contributed by atoms with van der Waals surface area (Å²) < 4.78 is 12.0. The molecule has 25 heavy (non-hydrogen) atoms. The number of methoxy groups -OCH3 is 1. The minimum absolute atomic E-state index is 0.0426. The van der Waals surface area contributed by atoms with Crippen molar-refractivity contribution in [1.82, 2.24) is 10.6 Å². The Morgan fingerprint density at radius 3 is 2.72 bits per heavy atom. The van der Waals surface area contributed by atoms with Crippen LogP contribution in [0.3, 0.4) is 0 Å². The van der Waals surface area contributed by atoms with Gasteiger partial charge in [-0.05, 0) is 74.4 Å². The average Bonchev–Trinajstić information content (AvgIpc) is 3.42. The van der Waals surface area contributed by atoms with E-state index in [1.54, 1.807) is 7.11 Å². The summed E-state index contributed by atoms with van der Waals surface area (Å²) in [6, 6.07) is 6.52. The number of carbonyl (C=O) groups excluding carboxylic acids is 1. The Labute approximate surface area is 153 Å². The molecule has 134 valence electrons. The van der Waals surface area contributed by atoms with Gasteiger partial charge in [0, 0.05) is 12.7 Å². The number of rotatable bonds is 4. The molecule has 3 aliphatic rings. The second kappa shape index (κ2) is 6.57. The van der Waals surface area contributed by atoms with E-state index in [4.69, 9.17) is 21.7 Å². The monoisotopic (exact) mass is 360 g/mol. The van der Waals surface area contributed by atoms with Crippen LogP contribution in [0.2, 0.25) is 0 Å². The van der Waals surface area contributed by atoms with Gasteiger partial charge in [-0.3, -0.25) is 4.79 Å². The van der Waals surface area contributed by atoms with Crippen LogP contribution in [0.25, 0.3) is 0 Å². The van der Waals surface area contributed by atoms with Gasteiger partial charge in [0.15, 0.2) is 5.11 Å². The molecule has 1 atom stereocenters. The van der Waals surface area contributed by atoms with E-state index in [9.17, 15) is 4.79 Å². The van der Waals surface area contributed by atoms with Crippen LogP contribution in [0.1, 0.15) is 61.6 Å². The van der Waals surface area contributed by atoms with Crippen LogP contribution in [0.15, 0.2) is 18.2 Å². The third kappa shape index (κ3) is 3.13. The van der Waals surface area contributed by atoms with Gasteiger partial charge < -0.3 is 20.1 Å². The molecule has 1 aliphatic heterocycles. The van der Waals surface area contributed by atoms with Crippen LogP contribution in [0, 0.1) is 0 Å². The van der Waals surface area contributed by atoms with Gasteiger partial charge in [-0.1, -0.05) is 6.07 Å². The largest absolute Gasteiger partial charge is 0.484 e. The highest BCUT2D eigenvalue weighted by atomic mass is 32.1. The molecule has 2 saturated carbocycles. The molecule has 6 heteroatoms. The van der Waals surface area contributed by atoms with Gasteiger partial charge >= 0.3 is 0 Å². The highest BCUT2D eigenvalue weighted by Gasteiger charge is 2.51. The normalized spacial score (nSPS) is 30.4. The third-order valence-electron chi connectivity index (χ3n) is 5.81. The molecule has 2 N–H and O–H groups in total. The first-order valence-corrected chi connectivity index (χ1v) is 9.42. The number of amides is 1. The molecule has 1 amide bonds. The van der Waals surface area contributed by atoms with Gasteiger partial charge in [0.1, 0.15) is 11.4 Å². The number of ether oxygens (including phenoxy) is 2. The molecule has 1 aromatic rings.